The van der Waals surface area contributed by atoms with Gasteiger partial charge < -0.3 is 24.8 Å². The molecule has 134 valence electrons. The van der Waals surface area contributed by atoms with Crippen LogP contribution in [-0.2, 0) is 14.3 Å². The Bertz CT molecular complexity index is 686. The SMILES string of the molecule is C[C@@H](NC(=O)COC(=O)CNC(=O)c1ccc2c(c1)OCO2)C1CC1. The van der Waals surface area contributed by atoms with E-state index in [0.717, 1.165) is 12.8 Å². The monoisotopic (exact) mass is 348 g/mol. The Balaban J connectivity index is 1.38. The summed E-state index contributed by atoms with van der Waals surface area (Å²) in [5.74, 6) is 0.125. The van der Waals surface area contributed by atoms with Gasteiger partial charge in [-0.05, 0) is 43.9 Å². The first kappa shape index (κ1) is 17.1. The molecule has 1 atom stereocenters. The van der Waals surface area contributed by atoms with Crippen LogP contribution in [0.25, 0.3) is 0 Å². The van der Waals surface area contributed by atoms with Crippen LogP contribution in [0.1, 0.15) is 30.1 Å². The number of carbonyl (C=O) groups excluding carboxylic acids is 3. The molecule has 1 aliphatic heterocycles. The van der Waals surface area contributed by atoms with E-state index in [2.05, 4.69) is 10.6 Å². The average Bonchev–Trinajstić information content (AvgIpc) is 3.35. The number of nitrogens with one attached hydrogen (secondary N) is 2. The van der Waals surface area contributed by atoms with E-state index in [-0.39, 0.29) is 31.9 Å². The lowest BCUT2D eigenvalue weighted by Crippen LogP contribution is -2.38. The van der Waals surface area contributed by atoms with Gasteiger partial charge in [-0.3, -0.25) is 14.4 Å². The fraction of sp³-hybridized carbons (Fsp3) is 0.471. The van der Waals surface area contributed by atoms with Crippen molar-refractivity contribution in [2.24, 2.45) is 5.92 Å². The van der Waals surface area contributed by atoms with Crippen LogP contribution in [0.2, 0.25) is 0 Å². The van der Waals surface area contributed by atoms with E-state index >= 15 is 0 Å². The zero-order chi connectivity index (χ0) is 17.8. The highest BCUT2D eigenvalue weighted by Crippen LogP contribution is 2.32. The molecule has 8 nitrogen and oxygen atoms in total. The van der Waals surface area contributed by atoms with Crippen molar-refractivity contribution in [2.75, 3.05) is 19.9 Å². The molecule has 1 aliphatic carbocycles. The Morgan fingerprint density at radius 1 is 1.24 bits per heavy atom. The summed E-state index contributed by atoms with van der Waals surface area (Å²) in [6, 6.07) is 4.83. The van der Waals surface area contributed by atoms with Gasteiger partial charge in [0.15, 0.2) is 18.1 Å². The molecule has 0 bridgehead atoms. The third-order valence-corrected chi connectivity index (χ3v) is 4.11. The molecule has 25 heavy (non-hydrogen) atoms. The van der Waals surface area contributed by atoms with Crippen LogP contribution in [-0.4, -0.2) is 43.8 Å². The number of ether oxygens (including phenoxy) is 3. The number of amides is 2. The maximum atomic E-state index is 12.0. The summed E-state index contributed by atoms with van der Waals surface area (Å²) in [6.07, 6.45) is 2.24. The molecule has 1 heterocycles. The molecule has 0 radical (unpaired) electrons. The number of rotatable bonds is 7. The fourth-order valence-corrected chi connectivity index (χ4v) is 2.50. The summed E-state index contributed by atoms with van der Waals surface area (Å²) in [5, 5.41) is 5.22. The van der Waals surface area contributed by atoms with Gasteiger partial charge in [0.1, 0.15) is 6.54 Å². The molecule has 1 aromatic rings. The zero-order valence-corrected chi connectivity index (χ0v) is 13.9. The summed E-state index contributed by atoms with van der Waals surface area (Å²) >= 11 is 0. The lowest BCUT2D eigenvalue weighted by atomic mass is 10.2. The Morgan fingerprint density at radius 3 is 2.76 bits per heavy atom. The van der Waals surface area contributed by atoms with Crippen molar-refractivity contribution in [3.63, 3.8) is 0 Å². The predicted octanol–water partition coefficient (Wildman–Crippen LogP) is 0.603. The maximum Gasteiger partial charge on any atom is 0.325 e. The Morgan fingerprint density at radius 2 is 2.00 bits per heavy atom. The number of hydrogen-bond acceptors (Lipinski definition) is 6. The Kier molecular flexibility index (Phi) is 5.06. The van der Waals surface area contributed by atoms with Gasteiger partial charge in [-0.25, -0.2) is 0 Å². The number of fused-ring (bicyclic) bond motifs is 1. The van der Waals surface area contributed by atoms with Gasteiger partial charge in [0.25, 0.3) is 11.8 Å². The second-order valence-corrected chi connectivity index (χ2v) is 6.11. The van der Waals surface area contributed by atoms with Crippen molar-refractivity contribution in [1.82, 2.24) is 10.6 Å². The second kappa shape index (κ2) is 7.42. The van der Waals surface area contributed by atoms with E-state index in [0.29, 0.717) is 23.0 Å². The van der Waals surface area contributed by atoms with Crippen LogP contribution in [0.4, 0.5) is 0 Å². The lowest BCUT2D eigenvalue weighted by Gasteiger charge is -2.12. The van der Waals surface area contributed by atoms with E-state index < -0.39 is 11.9 Å². The maximum absolute atomic E-state index is 12.0. The normalized spacial score (nSPS) is 16.0. The largest absolute Gasteiger partial charge is 0.454 e. The van der Waals surface area contributed by atoms with Gasteiger partial charge in [0, 0.05) is 11.6 Å². The number of benzene rings is 1. The smallest absolute Gasteiger partial charge is 0.325 e. The molecule has 3 rings (SSSR count). The van der Waals surface area contributed by atoms with Gasteiger partial charge in [-0.2, -0.15) is 0 Å². The van der Waals surface area contributed by atoms with Gasteiger partial charge in [-0.15, -0.1) is 0 Å². The molecule has 2 N–H and O–H groups in total. The molecule has 8 heteroatoms. The summed E-state index contributed by atoms with van der Waals surface area (Å²) in [4.78, 5) is 35.3. The van der Waals surface area contributed by atoms with Gasteiger partial charge >= 0.3 is 5.97 Å². The van der Waals surface area contributed by atoms with E-state index in [1.165, 1.54) is 6.07 Å². The first-order valence-electron chi connectivity index (χ1n) is 8.16. The molecule has 0 saturated heterocycles. The van der Waals surface area contributed by atoms with Gasteiger partial charge in [0.2, 0.25) is 6.79 Å². The Hall–Kier alpha value is -2.77. The minimum Gasteiger partial charge on any atom is -0.454 e. The molecule has 1 aromatic carbocycles. The van der Waals surface area contributed by atoms with Crippen LogP contribution in [0.5, 0.6) is 11.5 Å². The van der Waals surface area contributed by atoms with E-state index in [4.69, 9.17) is 14.2 Å². The van der Waals surface area contributed by atoms with Crippen molar-refractivity contribution in [3.05, 3.63) is 23.8 Å². The molecule has 2 amide bonds. The fourth-order valence-electron chi connectivity index (χ4n) is 2.50. The average molecular weight is 348 g/mol. The highest BCUT2D eigenvalue weighted by atomic mass is 16.7. The molecule has 0 spiro atoms. The third kappa shape index (κ3) is 4.62. The van der Waals surface area contributed by atoms with Crippen LogP contribution in [0, 0.1) is 5.92 Å². The van der Waals surface area contributed by atoms with Crippen LogP contribution in [0.15, 0.2) is 18.2 Å². The van der Waals surface area contributed by atoms with E-state index in [1.54, 1.807) is 12.1 Å². The first-order valence-corrected chi connectivity index (χ1v) is 8.16. The van der Waals surface area contributed by atoms with Crippen molar-refractivity contribution >= 4 is 17.8 Å². The quantitative estimate of drug-likeness (QED) is 0.700. The molecule has 1 fully saturated rings. The van der Waals surface area contributed by atoms with Crippen molar-refractivity contribution in [3.8, 4) is 11.5 Å². The van der Waals surface area contributed by atoms with Crippen LogP contribution >= 0.6 is 0 Å². The lowest BCUT2D eigenvalue weighted by molar-refractivity contribution is -0.147. The number of carbonyl (C=O) groups is 3. The highest BCUT2D eigenvalue weighted by Gasteiger charge is 2.29. The minimum atomic E-state index is -0.677. The summed E-state index contributed by atoms with van der Waals surface area (Å²) in [7, 11) is 0. The first-order chi connectivity index (χ1) is 12.0. The van der Waals surface area contributed by atoms with Crippen molar-refractivity contribution in [1.29, 1.82) is 0 Å². The number of esters is 1. The Labute approximate surface area is 144 Å². The minimum absolute atomic E-state index is 0.0944. The summed E-state index contributed by atoms with van der Waals surface area (Å²) < 4.78 is 15.2. The topological polar surface area (TPSA) is 103 Å². The molecule has 1 saturated carbocycles. The summed E-state index contributed by atoms with van der Waals surface area (Å²) in [5.41, 5.74) is 0.341. The highest BCUT2D eigenvalue weighted by molar-refractivity contribution is 5.96. The van der Waals surface area contributed by atoms with Gasteiger partial charge in [0.05, 0.1) is 0 Å². The predicted molar refractivity (Wildman–Crippen MR) is 86.2 cm³/mol. The molecular weight excluding hydrogens is 328 g/mol. The molecule has 0 unspecified atom stereocenters. The second-order valence-electron chi connectivity index (χ2n) is 6.11. The standard InChI is InChI=1S/C17H20N2O6/c1-10(11-2-3-11)19-15(20)8-23-16(21)7-18-17(22)12-4-5-13-14(6-12)25-9-24-13/h4-6,10-11H,2-3,7-9H2,1H3,(H,18,22)(H,19,20)/t10-/m1/s1. The third-order valence-electron chi connectivity index (χ3n) is 4.11. The van der Waals surface area contributed by atoms with Crippen molar-refractivity contribution in [2.45, 2.75) is 25.8 Å². The zero-order valence-electron chi connectivity index (χ0n) is 13.9. The summed E-state index contributed by atoms with van der Waals surface area (Å²) in [6.45, 7) is 1.38. The van der Waals surface area contributed by atoms with Gasteiger partial charge in [-0.1, -0.05) is 0 Å². The molecule has 2 aliphatic rings. The van der Waals surface area contributed by atoms with Crippen LogP contribution in [0.3, 0.4) is 0 Å². The molecular formula is C17H20N2O6. The van der Waals surface area contributed by atoms with Crippen LogP contribution < -0.4 is 20.1 Å². The van der Waals surface area contributed by atoms with E-state index in [1.807, 2.05) is 6.92 Å². The van der Waals surface area contributed by atoms with Crippen molar-refractivity contribution < 1.29 is 28.6 Å². The molecule has 0 aromatic heterocycles. The van der Waals surface area contributed by atoms with E-state index in [9.17, 15) is 14.4 Å². The number of hydrogen-bond donors (Lipinski definition) is 2.